The van der Waals surface area contributed by atoms with Gasteiger partial charge in [-0.05, 0) is 5.56 Å². The van der Waals surface area contributed by atoms with Crippen LogP contribution in [0.2, 0.25) is 0 Å². The van der Waals surface area contributed by atoms with Gasteiger partial charge in [-0.15, -0.1) is 0 Å². The summed E-state index contributed by atoms with van der Waals surface area (Å²) in [5.74, 6) is -0.111. The molecule has 1 heterocycles. The van der Waals surface area contributed by atoms with E-state index in [9.17, 15) is 15.2 Å². The summed E-state index contributed by atoms with van der Waals surface area (Å²) in [5, 5.41) is 21.2. The molecular weight excluding hydrogens is 262 g/mol. The minimum atomic E-state index is -0.880. The Kier molecular flexibility index (Phi) is 4.21. The number of aliphatic hydroxyl groups excluding tert-OH is 1. The van der Waals surface area contributed by atoms with Crippen molar-refractivity contribution in [2.24, 2.45) is 0 Å². The molecule has 0 aliphatic rings. The number of ether oxygens (including phenoxy) is 1. The van der Waals surface area contributed by atoms with Crippen LogP contribution in [-0.2, 0) is 6.42 Å². The van der Waals surface area contributed by atoms with Gasteiger partial charge in [0.25, 0.3) is 5.88 Å². The zero-order valence-electron chi connectivity index (χ0n) is 10.8. The standard InChI is InChI=1S/C13H13N3O4/c1-20-13-12(16(18)19)10(14-8-15-13)7-11(17)9-5-3-2-4-6-9/h2-6,8,11,17H,7H2,1H3. The zero-order valence-corrected chi connectivity index (χ0v) is 10.8. The highest BCUT2D eigenvalue weighted by Crippen LogP contribution is 2.29. The molecule has 0 aliphatic heterocycles. The predicted octanol–water partition coefficient (Wildman–Crippen LogP) is 1.67. The molecule has 0 saturated carbocycles. The van der Waals surface area contributed by atoms with E-state index in [1.54, 1.807) is 24.3 Å². The Morgan fingerprint density at radius 3 is 2.65 bits per heavy atom. The van der Waals surface area contributed by atoms with Crippen molar-refractivity contribution in [3.8, 4) is 5.88 Å². The molecule has 0 bridgehead atoms. The van der Waals surface area contributed by atoms with Crippen LogP contribution in [0.25, 0.3) is 0 Å². The number of benzene rings is 1. The lowest BCUT2D eigenvalue weighted by molar-refractivity contribution is -0.387. The molecule has 20 heavy (non-hydrogen) atoms. The van der Waals surface area contributed by atoms with Gasteiger partial charge in [0, 0.05) is 6.42 Å². The summed E-state index contributed by atoms with van der Waals surface area (Å²) in [6.07, 6.45) is 0.312. The predicted molar refractivity (Wildman–Crippen MR) is 70.3 cm³/mol. The summed E-state index contributed by atoms with van der Waals surface area (Å²) in [5.41, 5.74) is 0.488. The van der Waals surface area contributed by atoms with Gasteiger partial charge < -0.3 is 9.84 Å². The van der Waals surface area contributed by atoms with Gasteiger partial charge in [0.1, 0.15) is 12.0 Å². The van der Waals surface area contributed by atoms with E-state index in [-0.39, 0.29) is 23.7 Å². The second-order valence-electron chi connectivity index (χ2n) is 4.07. The van der Waals surface area contributed by atoms with Gasteiger partial charge in [-0.25, -0.2) is 4.98 Å². The molecule has 0 spiro atoms. The molecule has 0 fully saturated rings. The van der Waals surface area contributed by atoms with Gasteiger partial charge in [0.2, 0.25) is 0 Å². The van der Waals surface area contributed by atoms with Crippen molar-refractivity contribution >= 4 is 5.69 Å². The Bertz CT molecular complexity index is 604. The smallest absolute Gasteiger partial charge is 0.352 e. The quantitative estimate of drug-likeness (QED) is 0.658. The number of nitrogens with zero attached hydrogens (tertiary/aromatic N) is 3. The summed E-state index contributed by atoms with van der Waals surface area (Å²) in [6.45, 7) is 0. The zero-order chi connectivity index (χ0) is 14.5. The SMILES string of the molecule is COc1ncnc(CC(O)c2ccccc2)c1[N+](=O)[O-]. The van der Waals surface area contributed by atoms with Crippen molar-refractivity contribution < 1.29 is 14.8 Å². The maximum atomic E-state index is 11.1. The fraction of sp³-hybridized carbons (Fsp3) is 0.231. The minimum absolute atomic E-state index is 0.0131. The monoisotopic (exact) mass is 275 g/mol. The van der Waals surface area contributed by atoms with Crippen LogP contribution < -0.4 is 4.74 Å². The molecule has 7 heteroatoms. The fourth-order valence-electron chi connectivity index (χ4n) is 1.86. The number of hydrogen-bond donors (Lipinski definition) is 1. The largest absolute Gasteiger partial charge is 0.476 e. The van der Waals surface area contributed by atoms with E-state index in [0.717, 1.165) is 0 Å². The van der Waals surface area contributed by atoms with E-state index in [0.29, 0.717) is 5.56 Å². The van der Waals surface area contributed by atoms with E-state index >= 15 is 0 Å². The van der Waals surface area contributed by atoms with Gasteiger partial charge in [0.15, 0.2) is 0 Å². The van der Waals surface area contributed by atoms with Crippen LogP contribution in [0.1, 0.15) is 17.4 Å². The molecule has 2 rings (SSSR count). The van der Waals surface area contributed by atoms with E-state index in [4.69, 9.17) is 4.74 Å². The van der Waals surface area contributed by atoms with Gasteiger partial charge in [0.05, 0.1) is 18.1 Å². The average molecular weight is 275 g/mol. The molecule has 0 aliphatic carbocycles. The highest BCUT2D eigenvalue weighted by molar-refractivity contribution is 5.45. The van der Waals surface area contributed by atoms with Gasteiger partial charge >= 0.3 is 5.69 Å². The first-order valence-corrected chi connectivity index (χ1v) is 5.88. The van der Waals surface area contributed by atoms with Crippen molar-refractivity contribution in [1.29, 1.82) is 0 Å². The molecule has 1 N–H and O–H groups in total. The highest BCUT2D eigenvalue weighted by atomic mass is 16.6. The molecule has 1 aromatic heterocycles. The first kappa shape index (κ1) is 13.9. The van der Waals surface area contributed by atoms with Gasteiger partial charge in [-0.2, -0.15) is 4.98 Å². The lowest BCUT2D eigenvalue weighted by Crippen LogP contribution is -2.08. The minimum Gasteiger partial charge on any atom is -0.476 e. The Hall–Kier alpha value is -2.54. The summed E-state index contributed by atoms with van der Waals surface area (Å²) >= 11 is 0. The summed E-state index contributed by atoms with van der Waals surface area (Å²) in [6, 6.07) is 8.89. The van der Waals surface area contributed by atoms with E-state index in [2.05, 4.69) is 9.97 Å². The van der Waals surface area contributed by atoms with Crippen molar-refractivity contribution in [1.82, 2.24) is 9.97 Å². The van der Waals surface area contributed by atoms with E-state index in [1.807, 2.05) is 6.07 Å². The fourth-order valence-corrected chi connectivity index (χ4v) is 1.86. The number of nitro groups is 1. The van der Waals surface area contributed by atoms with Crippen molar-refractivity contribution in [2.45, 2.75) is 12.5 Å². The number of methoxy groups -OCH3 is 1. The Balaban J connectivity index is 2.32. The maximum absolute atomic E-state index is 11.1. The highest BCUT2D eigenvalue weighted by Gasteiger charge is 2.25. The van der Waals surface area contributed by atoms with Crippen LogP contribution in [-0.4, -0.2) is 27.1 Å². The molecule has 0 amide bonds. The third-order valence-corrected chi connectivity index (χ3v) is 2.81. The van der Waals surface area contributed by atoms with E-state index < -0.39 is 11.0 Å². The Labute approximate surface area is 115 Å². The second-order valence-corrected chi connectivity index (χ2v) is 4.07. The lowest BCUT2D eigenvalue weighted by Gasteiger charge is -2.11. The van der Waals surface area contributed by atoms with Crippen LogP contribution in [0.3, 0.4) is 0 Å². The van der Waals surface area contributed by atoms with Gasteiger partial charge in [-0.1, -0.05) is 30.3 Å². The Morgan fingerprint density at radius 1 is 1.35 bits per heavy atom. The summed E-state index contributed by atoms with van der Waals surface area (Å²) in [4.78, 5) is 18.1. The third kappa shape index (κ3) is 2.89. The third-order valence-electron chi connectivity index (χ3n) is 2.81. The molecule has 7 nitrogen and oxygen atoms in total. The van der Waals surface area contributed by atoms with Crippen LogP contribution in [0.15, 0.2) is 36.7 Å². The van der Waals surface area contributed by atoms with E-state index in [1.165, 1.54) is 13.4 Å². The normalized spacial score (nSPS) is 11.9. The first-order chi connectivity index (χ1) is 9.63. The molecule has 0 radical (unpaired) electrons. The Morgan fingerprint density at radius 2 is 2.05 bits per heavy atom. The molecular formula is C13H13N3O4. The first-order valence-electron chi connectivity index (χ1n) is 5.88. The topological polar surface area (TPSA) is 98.4 Å². The number of hydrogen-bond acceptors (Lipinski definition) is 6. The van der Waals surface area contributed by atoms with Crippen LogP contribution >= 0.6 is 0 Å². The molecule has 1 unspecified atom stereocenters. The van der Waals surface area contributed by atoms with Gasteiger partial charge in [-0.3, -0.25) is 10.1 Å². The van der Waals surface area contributed by atoms with Crippen molar-refractivity contribution in [2.75, 3.05) is 7.11 Å². The molecule has 104 valence electrons. The molecule has 0 saturated heterocycles. The average Bonchev–Trinajstić information content (AvgIpc) is 2.47. The van der Waals surface area contributed by atoms with Crippen LogP contribution in [0.5, 0.6) is 5.88 Å². The number of rotatable bonds is 5. The van der Waals surface area contributed by atoms with Crippen molar-refractivity contribution in [3.63, 3.8) is 0 Å². The lowest BCUT2D eigenvalue weighted by atomic mass is 10.0. The molecule has 1 atom stereocenters. The van der Waals surface area contributed by atoms with Crippen molar-refractivity contribution in [3.05, 3.63) is 58.0 Å². The second kappa shape index (κ2) is 6.07. The molecule has 1 aromatic carbocycles. The number of aliphatic hydroxyl groups is 1. The maximum Gasteiger partial charge on any atom is 0.352 e. The molecule has 2 aromatic rings. The summed E-state index contributed by atoms with van der Waals surface area (Å²) in [7, 11) is 1.30. The summed E-state index contributed by atoms with van der Waals surface area (Å²) < 4.78 is 4.86. The number of aromatic nitrogens is 2. The van der Waals surface area contributed by atoms with Crippen LogP contribution in [0, 0.1) is 10.1 Å². The van der Waals surface area contributed by atoms with Crippen LogP contribution in [0.4, 0.5) is 5.69 Å².